The van der Waals surface area contributed by atoms with Crippen LogP contribution in [0.2, 0.25) is 0 Å². The van der Waals surface area contributed by atoms with Gasteiger partial charge in [0.25, 0.3) is 0 Å². The molecule has 0 aliphatic rings. The molecule has 0 rings (SSSR count). The lowest BCUT2D eigenvalue weighted by atomic mass is 10.00. The summed E-state index contributed by atoms with van der Waals surface area (Å²) in [7, 11) is -9.91. The van der Waals surface area contributed by atoms with E-state index in [1.165, 1.54) is 193 Å². The van der Waals surface area contributed by atoms with E-state index in [1.54, 1.807) is 0 Å². The van der Waals surface area contributed by atoms with Crippen LogP contribution < -0.4 is 0 Å². The van der Waals surface area contributed by atoms with E-state index in [-0.39, 0.29) is 25.7 Å². The normalized spacial score (nSPS) is 14.6. The first-order chi connectivity index (χ1) is 45.8. The summed E-state index contributed by atoms with van der Waals surface area (Å²) < 4.78 is 68.5. The van der Waals surface area contributed by atoms with Gasteiger partial charge in [0, 0.05) is 25.7 Å². The molecule has 0 bridgehead atoms. The van der Waals surface area contributed by atoms with Crippen LogP contribution in [0.15, 0.2) is 0 Å². The Hall–Kier alpha value is -1.94. The SMILES string of the molecule is CCCCCCCCCCCCCCCCCCC(=O)OC[C@H](COP(=O)(O)OC[C@@H](O)COP(=O)(O)OC[C@@H](COC(=O)CCCCCCCCC(C)CC)OC(=O)CCCCCCCCC(C)CC)OC(=O)CCCCCCCCCCCCCCCCCCC(C)C. The molecule has 0 amide bonds. The second-order valence-corrected chi connectivity index (χ2v) is 31.3. The maximum absolute atomic E-state index is 13.1. The molecule has 4 unspecified atom stereocenters. The van der Waals surface area contributed by atoms with E-state index in [0.29, 0.717) is 25.7 Å². The average molecular weight is 1400 g/mol. The number of phosphoric ester groups is 2. The molecule has 7 atom stereocenters. The van der Waals surface area contributed by atoms with Gasteiger partial charge in [0.15, 0.2) is 12.2 Å². The highest BCUT2D eigenvalue weighted by Crippen LogP contribution is 2.45. The minimum atomic E-state index is -4.96. The van der Waals surface area contributed by atoms with Gasteiger partial charge < -0.3 is 33.8 Å². The first-order valence-corrected chi connectivity index (χ1v) is 42.4. The Balaban J connectivity index is 5.23. The van der Waals surface area contributed by atoms with Gasteiger partial charge in [-0.1, -0.05) is 337 Å². The third-order valence-corrected chi connectivity index (χ3v) is 20.3. The molecule has 0 spiro atoms. The van der Waals surface area contributed by atoms with Crippen LogP contribution in [0.3, 0.4) is 0 Å². The van der Waals surface area contributed by atoms with E-state index in [2.05, 4.69) is 48.5 Å². The Morgan fingerprint density at radius 2 is 0.537 bits per heavy atom. The van der Waals surface area contributed by atoms with Crippen molar-refractivity contribution in [2.45, 2.75) is 407 Å². The zero-order chi connectivity index (χ0) is 70.1. The molecule has 0 aromatic heterocycles. The molecule has 0 saturated heterocycles. The fourth-order valence-electron chi connectivity index (χ4n) is 11.5. The summed E-state index contributed by atoms with van der Waals surface area (Å²) in [6, 6.07) is 0. The average Bonchev–Trinajstić information content (AvgIpc) is 3.19. The van der Waals surface area contributed by atoms with Crippen LogP contribution in [-0.2, 0) is 65.4 Å². The first-order valence-electron chi connectivity index (χ1n) is 39.4. The van der Waals surface area contributed by atoms with Gasteiger partial charge >= 0.3 is 39.5 Å². The predicted molar refractivity (Wildman–Crippen MR) is 386 cm³/mol. The minimum Gasteiger partial charge on any atom is -0.462 e. The van der Waals surface area contributed by atoms with Crippen molar-refractivity contribution in [2.24, 2.45) is 17.8 Å². The van der Waals surface area contributed by atoms with Gasteiger partial charge in [-0.3, -0.25) is 37.3 Å². The quantitative estimate of drug-likeness (QED) is 0.0222. The van der Waals surface area contributed by atoms with Crippen molar-refractivity contribution in [1.82, 2.24) is 0 Å². The number of hydrogen-bond donors (Lipinski definition) is 3. The third kappa shape index (κ3) is 67.6. The molecule has 0 aromatic carbocycles. The number of aliphatic hydroxyl groups excluding tert-OH is 1. The van der Waals surface area contributed by atoms with Gasteiger partial charge in [-0.15, -0.1) is 0 Å². The van der Waals surface area contributed by atoms with E-state index < -0.39 is 97.5 Å². The van der Waals surface area contributed by atoms with E-state index in [9.17, 15) is 43.2 Å². The number of hydrogen-bond acceptors (Lipinski definition) is 15. The van der Waals surface area contributed by atoms with Crippen LogP contribution >= 0.6 is 15.6 Å². The molecule has 3 N–H and O–H groups in total. The number of rotatable bonds is 74. The van der Waals surface area contributed by atoms with E-state index in [1.807, 2.05) is 0 Å². The molecular formula is C76H148O17P2. The first kappa shape index (κ1) is 93.1. The molecule has 0 radical (unpaired) electrons. The maximum atomic E-state index is 13.1. The van der Waals surface area contributed by atoms with Gasteiger partial charge in [-0.25, -0.2) is 9.13 Å². The number of phosphoric acid groups is 2. The lowest BCUT2D eigenvalue weighted by Gasteiger charge is -2.21. The summed E-state index contributed by atoms with van der Waals surface area (Å²) in [4.78, 5) is 72.8. The highest BCUT2D eigenvalue weighted by atomic mass is 31.2. The number of carbonyl (C=O) groups excluding carboxylic acids is 4. The van der Waals surface area contributed by atoms with Crippen molar-refractivity contribution >= 4 is 39.5 Å². The Labute approximate surface area is 581 Å². The molecule has 0 aliphatic heterocycles. The topological polar surface area (TPSA) is 237 Å². The number of unbranched alkanes of at least 4 members (excludes halogenated alkanes) is 40. The molecule has 0 aliphatic carbocycles. The Bertz CT molecular complexity index is 1860. The molecule has 0 aromatic rings. The Morgan fingerprint density at radius 1 is 0.305 bits per heavy atom. The second kappa shape index (κ2) is 66.6. The van der Waals surface area contributed by atoms with Gasteiger partial charge in [0.1, 0.15) is 19.3 Å². The van der Waals surface area contributed by atoms with Crippen LogP contribution in [0.5, 0.6) is 0 Å². The molecule has 95 heavy (non-hydrogen) atoms. The molecule has 0 heterocycles. The number of esters is 4. The van der Waals surface area contributed by atoms with E-state index >= 15 is 0 Å². The summed E-state index contributed by atoms with van der Waals surface area (Å²) in [5.41, 5.74) is 0. The third-order valence-electron chi connectivity index (χ3n) is 18.4. The molecule has 19 heteroatoms. The number of aliphatic hydroxyl groups is 1. The fourth-order valence-corrected chi connectivity index (χ4v) is 13.1. The zero-order valence-corrected chi connectivity index (χ0v) is 63.9. The summed E-state index contributed by atoms with van der Waals surface area (Å²) >= 11 is 0. The van der Waals surface area contributed by atoms with Crippen LogP contribution in [0.4, 0.5) is 0 Å². The highest BCUT2D eigenvalue weighted by Gasteiger charge is 2.30. The number of ether oxygens (including phenoxy) is 4. The van der Waals surface area contributed by atoms with Crippen molar-refractivity contribution in [3.8, 4) is 0 Å². The van der Waals surface area contributed by atoms with Gasteiger partial charge in [0.2, 0.25) is 0 Å². The molecule has 564 valence electrons. The van der Waals surface area contributed by atoms with Crippen molar-refractivity contribution < 1.29 is 80.2 Å². The molecular weight excluding hydrogens is 1250 g/mol. The zero-order valence-electron chi connectivity index (χ0n) is 62.1. The Morgan fingerprint density at radius 3 is 0.800 bits per heavy atom. The van der Waals surface area contributed by atoms with Gasteiger partial charge in [0.05, 0.1) is 26.4 Å². The fraction of sp³-hybridized carbons (Fsp3) is 0.947. The summed E-state index contributed by atoms with van der Waals surface area (Å²) in [5.74, 6) is 0.138. The van der Waals surface area contributed by atoms with Crippen molar-refractivity contribution in [1.29, 1.82) is 0 Å². The minimum absolute atomic E-state index is 0.102. The van der Waals surface area contributed by atoms with Crippen molar-refractivity contribution in [3.63, 3.8) is 0 Å². The monoisotopic (exact) mass is 1400 g/mol. The van der Waals surface area contributed by atoms with E-state index in [0.717, 1.165) is 114 Å². The summed E-state index contributed by atoms with van der Waals surface area (Å²) in [6.45, 7) is 11.8. The lowest BCUT2D eigenvalue weighted by molar-refractivity contribution is -0.161. The van der Waals surface area contributed by atoms with Gasteiger partial charge in [-0.05, 0) is 43.4 Å². The second-order valence-electron chi connectivity index (χ2n) is 28.4. The predicted octanol–water partition coefficient (Wildman–Crippen LogP) is 22.2. The number of carbonyl (C=O) groups is 4. The van der Waals surface area contributed by atoms with Crippen LogP contribution in [0.25, 0.3) is 0 Å². The summed E-state index contributed by atoms with van der Waals surface area (Å²) in [6.07, 6.45) is 52.9. The Kier molecular flexibility index (Phi) is 65.2. The van der Waals surface area contributed by atoms with Crippen molar-refractivity contribution in [2.75, 3.05) is 39.6 Å². The van der Waals surface area contributed by atoms with Crippen LogP contribution in [-0.4, -0.2) is 96.7 Å². The molecule has 17 nitrogen and oxygen atoms in total. The van der Waals surface area contributed by atoms with Crippen LogP contribution in [0, 0.1) is 17.8 Å². The maximum Gasteiger partial charge on any atom is 0.472 e. The van der Waals surface area contributed by atoms with E-state index in [4.69, 9.17) is 37.0 Å². The highest BCUT2D eigenvalue weighted by molar-refractivity contribution is 7.47. The lowest BCUT2D eigenvalue weighted by Crippen LogP contribution is -2.30. The molecule has 0 saturated carbocycles. The van der Waals surface area contributed by atoms with Crippen molar-refractivity contribution in [3.05, 3.63) is 0 Å². The summed E-state index contributed by atoms with van der Waals surface area (Å²) in [5, 5.41) is 10.6. The van der Waals surface area contributed by atoms with Gasteiger partial charge in [-0.2, -0.15) is 0 Å². The largest absolute Gasteiger partial charge is 0.472 e. The van der Waals surface area contributed by atoms with Crippen LogP contribution in [0.1, 0.15) is 389 Å². The molecule has 0 fully saturated rings. The standard InChI is InChI=1S/C76H148O17P2/c1-8-11-12-13-14-15-16-17-18-22-25-28-31-34-43-50-57-73(78)86-63-71(92-75(80)59-52-45-35-32-29-26-23-20-19-21-24-27-30-33-40-47-54-67(4)5)65-90-94(82,83)88-61-70(77)62-89-95(84,85)91-66-72(93-76(81)60-53-46-39-37-42-49-56-69(7)10-3)64-87-74(79)58-51-44-38-36-41-48-55-68(6)9-2/h67-72,77H,8-66H2,1-7H3,(H,82,83)(H,84,85)/t68?,69?,70-,71-,72-/m1/s1. The smallest absolute Gasteiger partial charge is 0.462 e.